The van der Waals surface area contributed by atoms with Crippen molar-refractivity contribution in [1.82, 2.24) is 5.16 Å². The van der Waals surface area contributed by atoms with Gasteiger partial charge >= 0.3 is 0 Å². The van der Waals surface area contributed by atoms with Gasteiger partial charge in [-0.15, -0.1) is 0 Å². The van der Waals surface area contributed by atoms with Crippen molar-refractivity contribution in [2.24, 2.45) is 0 Å². The van der Waals surface area contributed by atoms with E-state index < -0.39 is 10.0 Å². The van der Waals surface area contributed by atoms with E-state index in [2.05, 4.69) is 15.2 Å². The Morgan fingerprint density at radius 2 is 1.71 bits per heavy atom. The van der Waals surface area contributed by atoms with Crippen LogP contribution in [0.2, 0.25) is 5.02 Å². The molecular formula is C26H24ClN3O4S. The fraction of sp³-hybridized carbons (Fsp3) is 0.154. The van der Waals surface area contributed by atoms with Crippen LogP contribution in [-0.2, 0) is 10.0 Å². The molecule has 0 fully saturated rings. The molecule has 0 spiro atoms. The number of sulfonamides is 1. The van der Waals surface area contributed by atoms with Gasteiger partial charge in [0.15, 0.2) is 11.6 Å². The van der Waals surface area contributed by atoms with Crippen LogP contribution in [0, 0.1) is 13.8 Å². The Balaban J connectivity index is 1.54. The van der Waals surface area contributed by atoms with Crippen LogP contribution in [0.5, 0.6) is 0 Å². The van der Waals surface area contributed by atoms with E-state index in [9.17, 15) is 13.2 Å². The minimum atomic E-state index is -3.83. The van der Waals surface area contributed by atoms with Crippen molar-refractivity contribution in [1.29, 1.82) is 0 Å². The fourth-order valence-electron chi connectivity index (χ4n) is 3.62. The maximum Gasteiger partial charge on any atom is 0.263 e. The third-order valence-electron chi connectivity index (χ3n) is 5.37. The molecule has 3 aromatic carbocycles. The Labute approximate surface area is 209 Å². The highest BCUT2D eigenvalue weighted by Crippen LogP contribution is 2.27. The topological polar surface area (TPSA) is 101 Å². The first kappa shape index (κ1) is 24.5. The molecule has 0 amide bonds. The number of rotatable bonds is 9. The average Bonchev–Trinajstić information content (AvgIpc) is 3.23. The summed E-state index contributed by atoms with van der Waals surface area (Å²) in [4.78, 5) is 13.1. The first-order chi connectivity index (χ1) is 16.7. The molecule has 35 heavy (non-hydrogen) atoms. The van der Waals surface area contributed by atoms with Gasteiger partial charge in [0.25, 0.3) is 10.0 Å². The molecular weight excluding hydrogens is 486 g/mol. The molecule has 4 aromatic rings. The van der Waals surface area contributed by atoms with Crippen LogP contribution >= 0.6 is 11.6 Å². The van der Waals surface area contributed by atoms with Crippen molar-refractivity contribution in [3.8, 4) is 0 Å². The monoisotopic (exact) mass is 509 g/mol. The Morgan fingerprint density at radius 1 is 1.00 bits per heavy atom. The van der Waals surface area contributed by atoms with E-state index in [1.807, 2.05) is 31.2 Å². The van der Waals surface area contributed by atoms with Gasteiger partial charge in [0, 0.05) is 28.8 Å². The van der Waals surface area contributed by atoms with Crippen LogP contribution in [0.4, 0.5) is 11.5 Å². The summed E-state index contributed by atoms with van der Waals surface area (Å²) in [6.45, 7) is 3.66. The van der Waals surface area contributed by atoms with Crippen LogP contribution in [-0.4, -0.2) is 19.4 Å². The maximum absolute atomic E-state index is 13.0. The largest absolute Gasteiger partial charge is 0.378 e. The lowest BCUT2D eigenvalue weighted by Gasteiger charge is -2.21. The molecule has 7 nitrogen and oxygen atoms in total. The van der Waals surface area contributed by atoms with E-state index in [1.54, 1.807) is 43.3 Å². The zero-order chi connectivity index (χ0) is 25.0. The predicted octanol–water partition coefficient (Wildman–Crippen LogP) is 6.17. The van der Waals surface area contributed by atoms with Crippen LogP contribution in [0.3, 0.4) is 0 Å². The van der Waals surface area contributed by atoms with E-state index in [4.69, 9.17) is 16.1 Å². The SMILES string of the molecule is Cc1cccc(C(CC(=O)c2ccc(Cl)cc2)Nc2ccc(S(=O)(=O)Nc3cc(C)on3)cc2)c1. The first-order valence-electron chi connectivity index (χ1n) is 10.9. The quantitative estimate of drug-likeness (QED) is 0.261. The minimum absolute atomic E-state index is 0.0352. The third-order valence-corrected chi connectivity index (χ3v) is 7.00. The second-order valence-corrected chi connectivity index (χ2v) is 10.3. The lowest BCUT2D eigenvalue weighted by molar-refractivity contribution is 0.0976. The van der Waals surface area contributed by atoms with E-state index >= 15 is 0 Å². The molecule has 0 radical (unpaired) electrons. The molecule has 1 unspecified atom stereocenters. The standard InChI is InChI=1S/C26H24ClN3O4S/c1-17-4-3-5-20(14-17)24(16-25(31)19-6-8-21(27)9-7-19)28-22-10-12-23(13-11-22)35(32,33)30-26-15-18(2)34-29-26/h3-15,24,28H,16H2,1-2H3,(H,29,30). The van der Waals surface area contributed by atoms with Gasteiger partial charge in [-0.1, -0.05) is 46.6 Å². The summed E-state index contributed by atoms with van der Waals surface area (Å²) < 4.78 is 32.6. The molecule has 1 heterocycles. The molecule has 1 atom stereocenters. The van der Waals surface area contributed by atoms with E-state index in [-0.39, 0.29) is 29.0 Å². The number of benzene rings is 3. The van der Waals surface area contributed by atoms with Crippen molar-refractivity contribution in [2.75, 3.05) is 10.0 Å². The highest BCUT2D eigenvalue weighted by molar-refractivity contribution is 7.92. The van der Waals surface area contributed by atoms with E-state index in [0.717, 1.165) is 11.1 Å². The molecule has 0 saturated carbocycles. The lowest BCUT2D eigenvalue weighted by atomic mass is 9.96. The summed E-state index contributed by atoms with van der Waals surface area (Å²) in [6.07, 6.45) is 0.207. The molecule has 0 bridgehead atoms. The molecule has 0 aliphatic rings. The molecule has 0 aliphatic heterocycles. The molecule has 0 aliphatic carbocycles. The second-order valence-electron chi connectivity index (χ2n) is 8.20. The smallest absolute Gasteiger partial charge is 0.263 e. The van der Waals surface area contributed by atoms with Gasteiger partial charge < -0.3 is 9.84 Å². The average molecular weight is 510 g/mol. The van der Waals surface area contributed by atoms with Crippen molar-refractivity contribution in [3.63, 3.8) is 0 Å². The van der Waals surface area contributed by atoms with Gasteiger partial charge in [-0.25, -0.2) is 8.42 Å². The number of ketones is 1. The van der Waals surface area contributed by atoms with Crippen LogP contribution in [0.1, 0.15) is 39.7 Å². The summed E-state index contributed by atoms with van der Waals surface area (Å²) in [5.74, 6) is 0.578. The van der Waals surface area contributed by atoms with Crippen LogP contribution in [0.25, 0.3) is 0 Å². The molecule has 2 N–H and O–H groups in total. The normalized spacial score (nSPS) is 12.2. The number of halogens is 1. The number of hydrogen-bond donors (Lipinski definition) is 2. The predicted molar refractivity (Wildman–Crippen MR) is 136 cm³/mol. The Hall–Kier alpha value is -3.62. The highest BCUT2D eigenvalue weighted by atomic mass is 35.5. The number of hydrogen-bond acceptors (Lipinski definition) is 6. The van der Waals surface area contributed by atoms with Crippen molar-refractivity contribution in [3.05, 3.63) is 106 Å². The minimum Gasteiger partial charge on any atom is -0.378 e. The fourth-order valence-corrected chi connectivity index (χ4v) is 4.73. The van der Waals surface area contributed by atoms with Gasteiger partial charge in [0.1, 0.15) is 5.76 Å². The highest BCUT2D eigenvalue weighted by Gasteiger charge is 2.19. The maximum atomic E-state index is 13.0. The summed E-state index contributed by atoms with van der Waals surface area (Å²) in [5.41, 5.74) is 3.28. The van der Waals surface area contributed by atoms with Gasteiger partial charge in [-0.05, 0) is 67.9 Å². The van der Waals surface area contributed by atoms with Gasteiger partial charge in [-0.3, -0.25) is 9.52 Å². The van der Waals surface area contributed by atoms with Crippen LogP contribution < -0.4 is 10.0 Å². The third kappa shape index (κ3) is 6.29. The number of carbonyl (C=O) groups excluding carboxylic acids is 1. The number of carbonyl (C=O) groups is 1. The summed E-state index contributed by atoms with van der Waals surface area (Å²) in [6, 6.07) is 22.2. The zero-order valence-electron chi connectivity index (χ0n) is 19.2. The van der Waals surface area contributed by atoms with Gasteiger partial charge in [0.2, 0.25) is 0 Å². The van der Waals surface area contributed by atoms with Crippen molar-refractivity contribution >= 4 is 38.9 Å². The Bertz CT molecular complexity index is 1430. The summed E-state index contributed by atoms with van der Waals surface area (Å²) in [7, 11) is -3.83. The Kier molecular flexibility index (Phi) is 7.23. The number of nitrogens with zero attached hydrogens (tertiary/aromatic N) is 1. The number of nitrogens with one attached hydrogen (secondary N) is 2. The lowest BCUT2D eigenvalue weighted by Crippen LogP contribution is -2.16. The van der Waals surface area contributed by atoms with E-state index in [1.165, 1.54) is 18.2 Å². The van der Waals surface area contributed by atoms with Gasteiger partial charge in [-0.2, -0.15) is 0 Å². The van der Waals surface area contributed by atoms with Crippen molar-refractivity contribution < 1.29 is 17.7 Å². The van der Waals surface area contributed by atoms with E-state index in [0.29, 0.717) is 22.0 Å². The molecule has 9 heteroatoms. The second kappa shape index (κ2) is 10.3. The molecule has 4 rings (SSSR count). The molecule has 0 saturated heterocycles. The molecule has 1 aromatic heterocycles. The first-order valence-corrected chi connectivity index (χ1v) is 12.7. The molecule has 180 valence electrons. The number of Topliss-reactive ketones (excluding diaryl/α,β-unsaturated/α-hetero) is 1. The number of anilines is 2. The number of aryl methyl sites for hydroxylation is 2. The van der Waals surface area contributed by atoms with Crippen LogP contribution in [0.15, 0.2) is 88.3 Å². The van der Waals surface area contributed by atoms with Crippen molar-refractivity contribution in [2.45, 2.75) is 31.2 Å². The number of aromatic nitrogens is 1. The Morgan fingerprint density at radius 3 is 2.34 bits per heavy atom. The van der Waals surface area contributed by atoms with Gasteiger partial charge in [0.05, 0.1) is 10.9 Å². The summed E-state index contributed by atoms with van der Waals surface area (Å²) >= 11 is 5.95. The zero-order valence-corrected chi connectivity index (χ0v) is 20.7. The summed E-state index contributed by atoms with van der Waals surface area (Å²) in [5, 5.41) is 7.61.